The van der Waals surface area contributed by atoms with Gasteiger partial charge in [-0.05, 0) is 30.7 Å². The van der Waals surface area contributed by atoms with Crippen molar-refractivity contribution >= 4 is 5.69 Å². The zero-order valence-electron chi connectivity index (χ0n) is 9.36. The highest BCUT2D eigenvalue weighted by Crippen LogP contribution is 2.37. The van der Waals surface area contributed by atoms with E-state index in [1.54, 1.807) is 7.11 Å². The van der Waals surface area contributed by atoms with E-state index in [9.17, 15) is 0 Å². The quantitative estimate of drug-likeness (QED) is 0.816. The molecule has 3 nitrogen and oxygen atoms in total. The minimum Gasteiger partial charge on any atom is -0.497 e. The molecule has 0 fully saturated rings. The van der Waals surface area contributed by atoms with Crippen LogP contribution in [-0.4, -0.2) is 26.7 Å². The van der Waals surface area contributed by atoms with Crippen LogP contribution in [0.3, 0.4) is 0 Å². The van der Waals surface area contributed by atoms with Gasteiger partial charge in [-0.15, -0.1) is 0 Å². The van der Waals surface area contributed by atoms with Crippen LogP contribution in [-0.2, 0) is 0 Å². The number of hydrogen-bond acceptors (Lipinski definition) is 3. The zero-order valence-corrected chi connectivity index (χ0v) is 9.36. The molecule has 0 bridgehead atoms. The number of hydrogen-bond donors (Lipinski definition) is 1. The third-order valence-corrected chi connectivity index (χ3v) is 3.12. The highest BCUT2D eigenvalue weighted by atomic mass is 16.5. The Kier molecular flexibility index (Phi) is 2.82. The number of benzene rings is 1. The molecule has 1 unspecified atom stereocenters. The van der Waals surface area contributed by atoms with E-state index in [-0.39, 0.29) is 0 Å². The first kappa shape index (κ1) is 10.3. The van der Waals surface area contributed by atoms with Crippen molar-refractivity contribution in [2.75, 3.05) is 31.6 Å². The molecular formula is C12H18N2O. The summed E-state index contributed by atoms with van der Waals surface area (Å²) < 4.78 is 5.24. The zero-order chi connectivity index (χ0) is 10.8. The van der Waals surface area contributed by atoms with Crippen molar-refractivity contribution in [3.05, 3.63) is 23.8 Å². The number of fused-ring (bicyclic) bond motifs is 1. The molecule has 1 aromatic carbocycles. The average Bonchev–Trinajstić information content (AvgIpc) is 2.65. The van der Waals surface area contributed by atoms with Gasteiger partial charge in [0.25, 0.3) is 0 Å². The summed E-state index contributed by atoms with van der Waals surface area (Å²) in [6.07, 6.45) is 0. The van der Waals surface area contributed by atoms with Crippen molar-refractivity contribution in [3.63, 3.8) is 0 Å². The lowest BCUT2D eigenvalue weighted by molar-refractivity contribution is 0.414. The molecule has 2 N–H and O–H groups in total. The number of ether oxygens (including phenoxy) is 1. The smallest absolute Gasteiger partial charge is 0.119 e. The molecule has 1 aliphatic heterocycles. The number of nitrogens with zero attached hydrogens (tertiary/aromatic N) is 1. The van der Waals surface area contributed by atoms with E-state index in [1.807, 2.05) is 6.07 Å². The Morgan fingerprint density at radius 3 is 2.93 bits per heavy atom. The number of likely N-dealkylation sites (N-methyl/N-ethyl adjacent to an activating group) is 1. The number of rotatable bonds is 3. The maximum Gasteiger partial charge on any atom is 0.119 e. The Balaban J connectivity index is 2.39. The van der Waals surface area contributed by atoms with Crippen LogP contribution in [0.2, 0.25) is 0 Å². The summed E-state index contributed by atoms with van der Waals surface area (Å²) in [6, 6.07) is 6.26. The molecule has 0 aromatic heterocycles. The second-order valence-corrected chi connectivity index (χ2v) is 3.90. The number of methoxy groups -OCH3 is 1. The molecule has 0 saturated heterocycles. The fourth-order valence-electron chi connectivity index (χ4n) is 2.24. The van der Waals surface area contributed by atoms with Crippen molar-refractivity contribution in [2.45, 2.75) is 12.8 Å². The van der Waals surface area contributed by atoms with Crippen LogP contribution in [0.4, 0.5) is 5.69 Å². The lowest BCUT2D eigenvalue weighted by atomic mass is 10.0. The summed E-state index contributed by atoms with van der Waals surface area (Å²) in [7, 11) is 1.70. The van der Waals surface area contributed by atoms with Crippen molar-refractivity contribution in [3.8, 4) is 5.75 Å². The van der Waals surface area contributed by atoms with Gasteiger partial charge in [-0.25, -0.2) is 0 Å². The van der Waals surface area contributed by atoms with Crippen LogP contribution >= 0.6 is 0 Å². The van der Waals surface area contributed by atoms with E-state index in [1.165, 1.54) is 11.3 Å². The summed E-state index contributed by atoms with van der Waals surface area (Å²) in [5, 5.41) is 0. The summed E-state index contributed by atoms with van der Waals surface area (Å²) >= 11 is 0. The standard InChI is InChI=1S/C12H18N2O/c1-3-14-8-9(7-13)11-6-10(15-2)4-5-12(11)14/h4-6,9H,3,7-8,13H2,1-2H3. The first-order chi connectivity index (χ1) is 7.30. The molecule has 0 aliphatic carbocycles. The predicted octanol–water partition coefficient (Wildman–Crippen LogP) is 1.58. The van der Waals surface area contributed by atoms with Gasteiger partial charge in [0.15, 0.2) is 0 Å². The van der Waals surface area contributed by atoms with Crippen LogP contribution < -0.4 is 15.4 Å². The van der Waals surface area contributed by atoms with Gasteiger partial charge in [0.2, 0.25) is 0 Å². The Morgan fingerprint density at radius 1 is 1.53 bits per heavy atom. The van der Waals surface area contributed by atoms with Crippen molar-refractivity contribution in [1.29, 1.82) is 0 Å². The first-order valence-corrected chi connectivity index (χ1v) is 5.43. The van der Waals surface area contributed by atoms with Gasteiger partial charge < -0.3 is 15.4 Å². The SMILES string of the molecule is CCN1CC(CN)c2cc(OC)ccc21. The molecular weight excluding hydrogens is 188 g/mol. The largest absolute Gasteiger partial charge is 0.497 e. The van der Waals surface area contributed by atoms with Crippen LogP contribution in [0.5, 0.6) is 5.75 Å². The molecule has 15 heavy (non-hydrogen) atoms. The molecule has 0 saturated carbocycles. The fourth-order valence-corrected chi connectivity index (χ4v) is 2.24. The predicted molar refractivity (Wildman–Crippen MR) is 62.7 cm³/mol. The molecule has 1 atom stereocenters. The summed E-state index contributed by atoms with van der Waals surface area (Å²) in [6.45, 7) is 4.95. The highest BCUT2D eigenvalue weighted by Gasteiger charge is 2.26. The molecule has 82 valence electrons. The van der Waals surface area contributed by atoms with E-state index >= 15 is 0 Å². The van der Waals surface area contributed by atoms with E-state index in [0.29, 0.717) is 12.5 Å². The minimum absolute atomic E-state index is 0.454. The van der Waals surface area contributed by atoms with Gasteiger partial charge in [0, 0.05) is 31.2 Å². The Hall–Kier alpha value is -1.22. The normalized spacial score (nSPS) is 19.1. The summed E-state index contributed by atoms with van der Waals surface area (Å²) in [5.74, 6) is 1.38. The molecule has 1 aliphatic rings. The second kappa shape index (κ2) is 4.11. The molecule has 0 radical (unpaired) electrons. The summed E-state index contributed by atoms with van der Waals surface area (Å²) in [5.41, 5.74) is 8.44. The molecule has 0 spiro atoms. The second-order valence-electron chi connectivity index (χ2n) is 3.90. The van der Waals surface area contributed by atoms with Gasteiger partial charge >= 0.3 is 0 Å². The molecule has 3 heteroatoms. The van der Waals surface area contributed by atoms with Gasteiger partial charge in [0.1, 0.15) is 5.75 Å². The van der Waals surface area contributed by atoms with E-state index < -0.39 is 0 Å². The van der Waals surface area contributed by atoms with E-state index in [2.05, 4.69) is 24.0 Å². The summed E-state index contributed by atoms with van der Waals surface area (Å²) in [4.78, 5) is 2.37. The molecule has 1 aromatic rings. The topological polar surface area (TPSA) is 38.5 Å². The van der Waals surface area contributed by atoms with Crippen molar-refractivity contribution in [2.24, 2.45) is 5.73 Å². The molecule has 0 amide bonds. The third kappa shape index (κ3) is 1.67. The maximum atomic E-state index is 5.79. The minimum atomic E-state index is 0.454. The number of anilines is 1. The third-order valence-electron chi connectivity index (χ3n) is 3.12. The molecule has 2 rings (SSSR count). The average molecular weight is 206 g/mol. The van der Waals surface area contributed by atoms with E-state index in [0.717, 1.165) is 18.8 Å². The maximum absolute atomic E-state index is 5.79. The monoisotopic (exact) mass is 206 g/mol. The van der Waals surface area contributed by atoms with Crippen LogP contribution in [0.15, 0.2) is 18.2 Å². The van der Waals surface area contributed by atoms with Crippen molar-refractivity contribution < 1.29 is 4.74 Å². The Bertz CT molecular complexity index is 351. The Labute approximate surface area is 90.8 Å². The van der Waals surface area contributed by atoms with Crippen LogP contribution in [0.1, 0.15) is 18.4 Å². The van der Waals surface area contributed by atoms with Gasteiger partial charge in [-0.3, -0.25) is 0 Å². The first-order valence-electron chi connectivity index (χ1n) is 5.43. The van der Waals surface area contributed by atoms with Crippen LogP contribution in [0.25, 0.3) is 0 Å². The fraction of sp³-hybridized carbons (Fsp3) is 0.500. The van der Waals surface area contributed by atoms with Gasteiger partial charge in [0.05, 0.1) is 7.11 Å². The Morgan fingerprint density at radius 2 is 2.33 bits per heavy atom. The van der Waals surface area contributed by atoms with Gasteiger partial charge in [-0.1, -0.05) is 0 Å². The lowest BCUT2D eigenvalue weighted by Gasteiger charge is -2.16. The highest BCUT2D eigenvalue weighted by molar-refractivity contribution is 5.62. The van der Waals surface area contributed by atoms with Gasteiger partial charge in [-0.2, -0.15) is 0 Å². The van der Waals surface area contributed by atoms with Crippen LogP contribution in [0, 0.1) is 0 Å². The number of nitrogens with two attached hydrogens (primary N) is 1. The lowest BCUT2D eigenvalue weighted by Crippen LogP contribution is -2.23. The molecule has 1 heterocycles. The van der Waals surface area contributed by atoms with E-state index in [4.69, 9.17) is 10.5 Å². The van der Waals surface area contributed by atoms with Crippen molar-refractivity contribution in [1.82, 2.24) is 0 Å².